The molecule has 2 saturated heterocycles. The molecule has 8 nitrogen and oxygen atoms in total. The van der Waals surface area contributed by atoms with Gasteiger partial charge in [0, 0.05) is 38.2 Å². The molecule has 0 atom stereocenters. The van der Waals surface area contributed by atoms with Crippen molar-refractivity contribution in [3.8, 4) is 5.75 Å². The van der Waals surface area contributed by atoms with Gasteiger partial charge in [0.2, 0.25) is 5.95 Å². The maximum atomic E-state index is 5.54. The summed E-state index contributed by atoms with van der Waals surface area (Å²) in [5.41, 5.74) is 1.90. The van der Waals surface area contributed by atoms with E-state index in [0.717, 1.165) is 75.1 Å². The molecule has 0 spiro atoms. The third-order valence-corrected chi connectivity index (χ3v) is 6.19. The highest BCUT2D eigenvalue weighted by molar-refractivity contribution is 5.69. The summed E-state index contributed by atoms with van der Waals surface area (Å²) in [7, 11) is 1.68. The summed E-state index contributed by atoms with van der Waals surface area (Å²) in [6, 6.07) is 7.98. The molecule has 2 aromatic rings. The molecule has 0 saturated carbocycles. The smallest absolute Gasteiger partial charge is 0.229 e. The number of ether oxygens (including phenoxy) is 2. The third kappa shape index (κ3) is 6.71. The van der Waals surface area contributed by atoms with Gasteiger partial charge in [-0.3, -0.25) is 0 Å². The molecule has 0 aliphatic carbocycles. The Morgan fingerprint density at radius 3 is 2.78 bits per heavy atom. The Kier molecular flexibility index (Phi) is 8.39. The number of anilines is 4. The van der Waals surface area contributed by atoms with Crippen LogP contribution in [0.4, 0.5) is 23.1 Å². The fraction of sp³-hybridized carbons (Fsp3) is 0.583. The number of nitrogens with zero attached hydrogens (tertiary/aromatic N) is 3. The molecule has 1 aromatic heterocycles. The van der Waals surface area contributed by atoms with Crippen LogP contribution in [0, 0.1) is 5.92 Å². The van der Waals surface area contributed by atoms with Crippen molar-refractivity contribution in [2.24, 2.45) is 5.92 Å². The molecule has 3 heterocycles. The molecule has 0 amide bonds. The van der Waals surface area contributed by atoms with Crippen LogP contribution in [-0.4, -0.2) is 67.9 Å². The highest BCUT2D eigenvalue weighted by Gasteiger charge is 2.14. The van der Waals surface area contributed by atoms with E-state index in [1.165, 1.54) is 25.9 Å². The van der Waals surface area contributed by atoms with Gasteiger partial charge in [-0.1, -0.05) is 0 Å². The zero-order valence-electron chi connectivity index (χ0n) is 19.1. The molecule has 2 aliphatic heterocycles. The lowest BCUT2D eigenvalue weighted by atomic mass is 10.0. The van der Waals surface area contributed by atoms with Crippen molar-refractivity contribution in [1.82, 2.24) is 14.9 Å². The van der Waals surface area contributed by atoms with Crippen LogP contribution >= 0.6 is 0 Å². The Labute approximate surface area is 191 Å². The summed E-state index contributed by atoms with van der Waals surface area (Å²) in [5.74, 6) is 2.76. The maximum absolute atomic E-state index is 5.54. The predicted molar refractivity (Wildman–Crippen MR) is 129 cm³/mol. The largest absolute Gasteiger partial charge is 0.495 e. The Morgan fingerprint density at radius 1 is 1.12 bits per heavy atom. The van der Waals surface area contributed by atoms with Gasteiger partial charge >= 0.3 is 0 Å². The van der Waals surface area contributed by atoms with E-state index in [1.807, 2.05) is 18.2 Å². The fourth-order valence-electron chi connectivity index (χ4n) is 4.29. The van der Waals surface area contributed by atoms with Crippen molar-refractivity contribution in [3.63, 3.8) is 0 Å². The van der Waals surface area contributed by atoms with Gasteiger partial charge in [-0.05, 0) is 81.9 Å². The van der Waals surface area contributed by atoms with E-state index in [1.54, 1.807) is 13.3 Å². The monoisotopic (exact) mass is 440 g/mol. The standard InChI is InChI=1S/C24H36N6O2/c1-31-22-6-5-20(25-10-4-14-30-12-2-3-13-30)17-21(22)28-24-26-11-7-23(29-24)27-18-19-8-15-32-16-9-19/h5-7,11,17,19,25H,2-4,8-10,12-16,18H2,1H3,(H2,26,27,28,29). The van der Waals surface area contributed by atoms with Gasteiger partial charge in [-0.15, -0.1) is 0 Å². The molecule has 4 rings (SSSR count). The summed E-state index contributed by atoms with van der Waals surface area (Å²) < 4.78 is 11.0. The summed E-state index contributed by atoms with van der Waals surface area (Å²) in [6.45, 7) is 7.22. The zero-order chi connectivity index (χ0) is 22.0. The molecule has 3 N–H and O–H groups in total. The van der Waals surface area contributed by atoms with E-state index in [2.05, 4.69) is 36.9 Å². The van der Waals surface area contributed by atoms with Crippen molar-refractivity contribution in [1.29, 1.82) is 0 Å². The van der Waals surface area contributed by atoms with Crippen LogP contribution in [0.5, 0.6) is 5.75 Å². The van der Waals surface area contributed by atoms with Crippen LogP contribution in [0.1, 0.15) is 32.1 Å². The molecule has 0 bridgehead atoms. The number of rotatable bonds is 11. The second-order valence-corrected chi connectivity index (χ2v) is 8.57. The second-order valence-electron chi connectivity index (χ2n) is 8.57. The van der Waals surface area contributed by atoms with Crippen LogP contribution < -0.4 is 20.7 Å². The molecular formula is C24H36N6O2. The molecule has 2 fully saturated rings. The number of hydrogen-bond donors (Lipinski definition) is 3. The molecule has 8 heteroatoms. The number of hydrogen-bond acceptors (Lipinski definition) is 8. The highest BCUT2D eigenvalue weighted by Crippen LogP contribution is 2.30. The van der Waals surface area contributed by atoms with E-state index in [-0.39, 0.29) is 0 Å². The Morgan fingerprint density at radius 2 is 1.97 bits per heavy atom. The van der Waals surface area contributed by atoms with Gasteiger partial charge in [0.1, 0.15) is 11.6 Å². The number of methoxy groups -OCH3 is 1. The van der Waals surface area contributed by atoms with E-state index < -0.39 is 0 Å². The topological polar surface area (TPSA) is 83.6 Å². The van der Waals surface area contributed by atoms with Crippen LogP contribution in [0.3, 0.4) is 0 Å². The van der Waals surface area contributed by atoms with Crippen molar-refractivity contribution in [3.05, 3.63) is 30.5 Å². The van der Waals surface area contributed by atoms with E-state index in [9.17, 15) is 0 Å². The van der Waals surface area contributed by atoms with Gasteiger partial charge in [0.25, 0.3) is 0 Å². The average Bonchev–Trinajstić information content (AvgIpc) is 3.35. The average molecular weight is 441 g/mol. The Hall–Kier alpha value is -2.58. The number of nitrogens with one attached hydrogen (secondary N) is 3. The maximum Gasteiger partial charge on any atom is 0.229 e. The van der Waals surface area contributed by atoms with Crippen molar-refractivity contribution in [2.45, 2.75) is 32.1 Å². The van der Waals surface area contributed by atoms with Gasteiger partial charge in [-0.25, -0.2) is 4.98 Å². The first-order valence-corrected chi connectivity index (χ1v) is 11.9. The van der Waals surface area contributed by atoms with Crippen LogP contribution in [-0.2, 0) is 4.74 Å². The minimum absolute atomic E-state index is 0.548. The molecule has 32 heavy (non-hydrogen) atoms. The SMILES string of the molecule is COc1ccc(NCCCN2CCCC2)cc1Nc1nccc(NCC2CCOCC2)n1. The number of benzene rings is 1. The summed E-state index contributed by atoms with van der Waals surface area (Å²) in [4.78, 5) is 11.6. The normalized spacial score (nSPS) is 17.3. The van der Waals surface area contributed by atoms with Gasteiger partial charge in [0.05, 0.1) is 12.8 Å². The molecule has 0 unspecified atom stereocenters. The van der Waals surface area contributed by atoms with E-state index in [0.29, 0.717) is 11.9 Å². The van der Waals surface area contributed by atoms with Crippen LogP contribution in [0.15, 0.2) is 30.5 Å². The number of likely N-dealkylation sites (tertiary alicyclic amines) is 1. The zero-order valence-corrected chi connectivity index (χ0v) is 19.1. The summed E-state index contributed by atoms with van der Waals surface area (Å²) in [6.07, 6.45) is 7.79. The lowest BCUT2D eigenvalue weighted by Gasteiger charge is -2.22. The summed E-state index contributed by atoms with van der Waals surface area (Å²) >= 11 is 0. The van der Waals surface area contributed by atoms with E-state index in [4.69, 9.17) is 9.47 Å². The summed E-state index contributed by atoms with van der Waals surface area (Å²) in [5, 5.41) is 10.3. The van der Waals surface area contributed by atoms with E-state index >= 15 is 0 Å². The first-order valence-electron chi connectivity index (χ1n) is 11.9. The highest BCUT2D eigenvalue weighted by atomic mass is 16.5. The van der Waals surface area contributed by atoms with Crippen LogP contribution in [0.25, 0.3) is 0 Å². The minimum atomic E-state index is 0.548. The van der Waals surface area contributed by atoms with Crippen molar-refractivity contribution in [2.75, 3.05) is 69.0 Å². The Balaban J connectivity index is 1.32. The van der Waals surface area contributed by atoms with Crippen molar-refractivity contribution < 1.29 is 9.47 Å². The lowest BCUT2D eigenvalue weighted by molar-refractivity contribution is 0.0699. The molecule has 2 aliphatic rings. The molecule has 1 aromatic carbocycles. The van der Waals surface area contributed by atoms with Gasteiger partial charge in [0.15, 0.2) is 0 Å². The molecule has 174 valence electrons. The van der Waals surface area contributed by atoms with Gasteiger partial charge < -0.3 is 30.3 Å². The minimum Gasteiger partial charge on any atom is -0.495 e. The van der Waals surface area contributed by atoms with Crippen LogP contribution in [0.2, 0.25) is 0 Å². The molecular weight excluding hydrogens is 404 g/mol. The molecule has 0 radical (unpaired) electrons. The first kappa shape index (κ1) is 22.6. The van der Waals surface area contributed by atoms with Crippen molar-refractivity contribution >= 4 is 23.1 Å². The quantitative estimate of drug-likeness (QED) is 0.453. The fourth-order valence-corrected chi connectivity index (χ4v) is 4.29. The lowest BCUT2D eigenvalue weighted by Crippen LogP contribution is -2.23. The predicted octanol–water partition coefficient (Wildman–Crippen LogP) is 3.97. The van der Waals surface area contributed by atoms with Gasteiger partial charge in [-0.2, -0.15) is 4.98 Å². The third-order valence-electron chi connectivity index (χ3n) is 6.19. The Bertz CT molecular complexity index is 837. The number of aromatic nitrogens is 2. The first-order chi connectivity index (χ1) is 15.8. The second kappa shape index (κ2) is 11.9.